The van der Waals surface area contributed by atoms with Gasteiger partial charge in [-0.1, -0.05) is 12.1 Å². The highest BCUT2D eigenvalue weighted by molar-refractivity contribution is 7.21. The Morgan fingerprint density at radius 1 is 1.00 bits per heavy atom. The second-order valence-electron chi connectivity index (χ2n) is 10.2. The topological polar surface area (TPSA) is 102 Å². The number of hydrogen-bond donors (Lipinski definition) is 0. The number of rotatable bonds is 8. The van der Waals surface area contributed by atoms with Crippen molar-refractivity contribution in [3.8, 4) is 22.1 Å². The average molecular weight is 593 g/mol. The number of hydrogen-bond acceptors (Lipinski definition) is 8. The van der Waals surface area contributed by atoms with Crippen LogP contribution in [-0.4, -0.2) is 52.9 Å². The number of imide groups is 1. The molecule has 0 radical (unpaired) electrons. The molecule has 9 nitrogen and oxygen atoms in total. The Bertz CT molecular complexity index is 1840. The van der Waals surface area contributed by atoms with Crippen LogP contribution in [0.3, 0.4) is 0 Å². The van der Waals surface area contributed by atoms with E-state index in [0.717, 1.165) is 31.3 Å². The Hall–Kier alpha value is -5.09. The summed E-state index contributed by atoms with van der Waals surface area (Å²) in [7, 11) is 3.00. The smallest absolute Gasteiger partial charge is 0.257 e. The first-order valence-electron chi connectivity index (χ1n) is 13.6. The van der Waals surface area contributed by atoms with Gasteiger partial charge in [-0.25, -0.2) is 9.88 Å². The lowest BCUT2D eigenvalue weighted by molar-refractivity contribution is -0.122. The molecule has 1 unspecified atom stereocenters. The van der Waals surface area contributed by atoms with Gasteiger partial charge in [-0.2, -0.15) is 0 Å². The van der Waals surface area contributed by atoms with Crippen LogP contribution < -0.4 is 14.4 Å². The average Bonchev–Trinajstić information content (AvgIpc) is 3.59. The number of carbonyl (C=O) groups is 3. The monoisotopic (exact) mass is 592 g/mol. The van der Waals surface area contributed by atoms with Crippen molar-refractivity contribution >= 4 is 45.0 Å². The van der Waals surface area contributed by atoms with Crippen molar-refractivity contribution in [2.75, 3.05) is 19.1 Å². The number of benzene rings is 3. The van der Waals surface area contributed by atoms with Crippen molar-refractivity contribution < 1.29 is 23.9 Å². The minimum atomic E-state index is -1.000. The fourth-order valence-corrected chi connectivity index (χ4v) is 6.26. The predicted octanol–water partition coefficient (Wildman–Crippen LogP) is 5.66. The molecule has 5 aromatic rings. The van der Waals surface area contributed by atoms with Crippen LogP contribution in [0.2, 0.25) is 0 Å². The van der Waals surface area contributed by atoms with Gasteiger partial charge in [0.05, 0.1) is 36.5 Å². The first-order chi connectivity index (χ1) is 20.9. The van der Waals surface area contributed by atoms with E-state index in [0.29, 0.717) is 22.7 Å². The highest BCUT2D eigenvalue weighted by atomic mass is 32.1. The lowest BCUT2D eigenvalue weighted by Gasteiger charge is -2.28. The molecule has 3 aromatic carbocycles. The summed E-state index contributed by atoms with van der Waals surface area (Å²) in [6.07, 6.45) is 3.13. The number of aromatic nitrogens is 2. The van der Waals surface area contributed by atoms with Crippen LogP contribution in [-0.2, 0) is 16.1 Å². The number of thiazole rings is 1. The normalized spacial score (nSPS) is 14.8. The van der Waals surface area contributed by atoms with E-state index >= 15 is 0 Å². The summed E-state index contributed by atoms with van der Waals surface area (Å²) >= 11 is 1.59. The van der Waals surface area contributed by atoms with E-state index in [9.17, 15) is 14.4 Å². The predicted molar refractivity (Wildman–Crippen MR) is 164 cm³/mol. The second kappa shape index (κ2) is 11.7. The van der Waals surface area contributed by atoms with Gasteiger partial charge in [0.15, 0.2) is 11.5 Å². The number of nitrogens with zero attached hydrogens (tertiary/aromatic N) is 4. The summed E-state index contributed by atoms with van der Waals surface area (Å²) in [4.78, 5) is 52.6. The number of ether oxygens (including phenoxy) is 2. The highest BCUT2D eigenvalue weighted by Crippen LogP contribution is 2.34. The fourth-order valence-electron chi connectivity index (χ4n) is 5.19. The van der Waals surface area contributed by atoms with Crippen molar-refractivity contribution in [2.45, 2.75) is 25.9 Å². The standard InChI is InChI=1S/C33H28N4O5S/c1-20-6-12-25-29(15-20)43-31(35-25)22-7-10-24(11-8-22)37-30(38)17-26(33(37)40)36(19-21-5-4-14-34-18-21)32(39)23-9-13-27(41-2)28(16-23)42-3/h4-16,18,26H,17,19H2,1-3H3. The van der Waals surface area contributed by atoms with Gasteiger partial charge in [0.25, 0.3) is 11.8 Å². The first-order valence-corrected chi connectivity index (χ1v) is 14.4. The molecule has 0 aliphatic carbocycles. The molecule has 1 aliphatic rings. The molecule has 3 heterocycles. The number of carbonyl (C=O) groups excluding carboxylic acids is 3. The van der Waals surface area contributed by atoms with E-state index in [-0.39, 0.29) is 18.9 Å². The Kier molecular flexibility index (Phi) is 7.60. The molecule has 3 amide bonds. The van der Waals surface area contributed by atoms with E-state index in [1.54, 1.807) is 60.1 Å². The third-order valence-electron chi connectivity index (χ3n) is 7.38. The quantitative estimate of drug-likeness (QED) is 0.214. The summed E-state index contributed by atoms with van der Waals surface area (Å²) in [6, 6.07) is 20.7. The molecule has 0 saturated carbocycles. The summed E-state index contributed by atoms with van der Waals surface area (Å²) in [5.41, 5.74) is 4.45. The number of anilines is 1. The Balaban J connectivity index is 1.29. The number of amides is 3. The van der Waals surface area contributed by atoms with Crippen LogP contribution in [0.1, 0.15) is 27.9 Å². The van der Waals surface area contributed by atoms with E-state index in [2.05, 4.69) is 11.1 Å². The largest absolute Gasteiger partial charge is 0.493 e. The van der Waals surface area contributed by atoms with Gasteiger partial charge in [0.1, 0.15) is 11.0 Å². The maximum absolute atomic E-state index is 13.9. The van der Waals surface area contributed by atoms with Crippen LogP contribution in [0, 0.1) is 6.92 Å². The van der Waals surface area contributed by atoms with Crippen molar-refractivity contribution in [1.29, 1.82) is 0 Å². The van der Waals surface area contributed by atoms with Crippen molar-refractivity contribution in [3.05, 3.63) is 102 Å². The van der Waals surface area contributed by atoms with Crippen LogP contribution in [0.15, 0.2) is 85.2 Å². The maximum atomic E-state index is 13.9. The molecule has 43 heavy (non-hydrogen) atoms. The van der Waals surface area contributed by atoms with E-state index in [1.165, 1.54) is 24.7 Å². The second-order valence-corrected chi connectivity index (χ2v) is 11.2. The van der Waals surface area contributed by atoms with Crippen molar-refractivity contribution in [3.63, 3.8) is 0 Å². The third kappa shape index (κ3) is 5.44. The fraction of sp³-hybridized carbons (Fsp3) is 0.182. The van der Waals surface area contributed by atoms with Crippen molar-refractivity contribution in [2.24, 2.45) is 0 Å². The molecule has 1 saturated heterocycles. The lowest BCUT2D eigenvalue weighted by atomic mass is 10.1. The SMILES string of the molecule is COc1ccc(C(=O)N(Cc2cccnc2)C2CC(=O)N(c3ccc(-c4nc5ccc(C)cc5s4)cc3)C2=O)cc1OC. The van der Waals surface area contributed by atoms with Gasteiger partial charge in [-0.15, -0.1) is 11.3 Å². The summed E-state index contributed by atoms with van der Waals surface area (Å²) in [6.45, 7) is 2.14. The maximum Gasteiger partial charge on any atom is 0.257 e. The minimum Gasteiger partial charge on any atom is -0.493 e. The molecule has 1 aliphatic heterocycles. The Labute approximate surface area is 252 Å². The van der Waals surface area contributed by atoms with Crippen LogP contribution in [0.5, 0.6) is 11.5 Å². The zero-order valence-electron chi connectivity index (χ0n) is 23.8. The van der Waals surface area contributed by atoms with E-state index in [1.807, 2.05) is 37.3 Å². The van der Waals surface area contributed by atoms with Gasteiger partial charge < -0.3 is 14.4 Å². The molecule has 1 fully saturated rings. The minimum absolute atomic E-state index is 0.0918. The molecule has 216 valence electrons. The summed E-state index contributed by atoms with van der Waals surface area (Å²) < 4.78 is 11.8. The zero-order chi connectivity index (χ0) is 30.1. The number of methoxy groups -OCH3 is 2. The first kappa shape index (κ1) is 28.0. The van der Waals surface area contributed by atoms with E-state index < -0.39 is 17.9 Å². The van der Waals surface area contributed by atoms with Crippen LogP contribution >= 0.6 is 11.3 Å². The van der Waals surface area contributed by atoms with E-state index in [4.69, 9.17) is 14.5 Å². The molecule has 10 heteroatoms. The van der Waals surface area contributed by atoms with Gasteiger partial charge in [0, 0.05) is 30.1 Å². The third-order valence-corrected chi connectivity index (χ3v) is 8.45. The van der Waals surface area contributed by atoms with Crippen molar-refractivity contribution in [1.82, 2.24) is 14.9 Å². The summed E-state index contributed by atoms with van der Waals surface area (Å²) in [5, 5.41) is 0.854. The summed E-state index contributed by atoms with van der Waals surface area (Å²) in [5.74, 6) is -0.409. The zero-order valence-corrected chi connectivity index (χ0v) is 24.6. The molecule has 1 atom stereocenters. The Morgan fingerprint density at radius 2 is 1.79 bits per heavy atom. The molecule has 2 aromatic heterocycles. The molecule has 0 N–H and O–H groups in total. The number of pyridine rings is 1. The number of fused-ring (bicyclic) bond motifs is 1. The van der Waals surface area contributed by atoms with Gasteiger partial charge in [0.2, 0.25) is 5.91 Å². The molecule has 6 rings (SSSR count). The molecule has 0 spiro atoms. The lowest BCUT2D eigenvalue weighted by Crippen LogP contribution is -2.45. The van der Waals surface area contributed by atoms with Gasteiger partial charge in [-0.05, 0) is 78.7 Å². The Morgan fingerprint density at radius 3 is 2.51 bits per heavy atom. The van der Waals surface area contributed by atoms with Crippen LogP contribution in [0.4, 0.5) is 5.69 Å². The molecular formula is C33H28N4O5S. The highest BCUT2D eigenvalue weighted by Gasteiger charge is 2.44. The molecular weight excluding hydrogens is 564 g/mol. The molecule has 0 bridgehead atoms. The van der Waals surface area contributed by atoms with Crippen LogP contribution in [0.25, 0.3) is 20.8 Å². The number of aryl methyl sites for hydroxylation is 1. The van der Waals surface area contributed by atoms with Gasteiger partial charge >= 0.3 is 0 Å². The van der Waals surface area contributed by atoms with Gasteiger partial charge in [-0.3, -0.25) is 19.4 Å².